The highest BCUT2D eigenvalue weighted by Gasteiger charge is 2.34. The number of hydrogen-bond acceptors (Lipinski definition) is 6. The maximum atomic E-state index is 13.4. The second-order valence-electron chi connectivity index (χ2n) is 7.83. The molecule has 1 aromatic carbocycles. The van der Waals surface area contributed by atoms with Crippen LogP contribution in [0.2, 0.25) is 0 Å². The minimum Gasteiger partial charge on any atom is -0.329 e. The van der Waals surface area contributed by atoms with Gasteiger partial charge in [0.1, 0.15) is 11.6 Å². The van der Waals surface area contributed by atoms with Crippen LogP contribution in [0.1, 0.15) is 40.5 Å². The van der Waals surface area contributed by atoms with Crippen LogP contribution in [0.3, 0.4) is 0 Å². The van der Waals surface area contributed by atoms with Crippen LogP contribution in [0.15, 0.2) is 42.6 Å². The van der Waals surface area contributed by atoms with E-state index in [1.807, 2.05) is 37.8 Å². The molecule has 0 bridgehead atoms. The summed E-state index contributed by atoms with van der Waals surface area (Å²) in [6, 6.07) is 9.36. The zero-order valence-corrected chi connectivity index (χ0v) is 18.7. The second-order valence-corrected chi connectivity index (χ2v) is 8.59. The van der Waals surface area contributed by atoms with Gasteiger partial charge in [-0.25, -0.2) is 14.4 Å². The van der Waals surface area contributed by atoms with Crippen molar-refractivity contribution in [2.45, 2.75) is 33.4 Å². The van der Waals surface area contributed by atoms with E-state index >= 15 is 0 Å². The first-order chi connectivity index (χ1) is 15.4. The van der Waals surface area contributed by atoms with Crippen molar-refractivity contribution in [2.24, 2.45) is 0 Å². The second kappa shape index (κ2) is 7.90. The molecule has 3 aromatic heterocycles. The van der Waals surface area contributed by atoms with Crippen molar-refractivity contribution < 1.29 is 9.18 Å². The van der Waals surface area contributed by atoms with Crippen LogP contribution in [0, 0.1) is 19.7 Å². The van der Waals surface area contributed by atoms with Crippen LogP contribution in [0.5, 0.6) is 0 Å². The van der Waals surface area contributed by atoms with Crippen LogP contribution in [-0.4, -0.2) is 41.2 Å². The average molecular weight is 449 g/mol. The van der Waals surface area contributed by atoms with Crippen LogP contribution < -0.4 is 0 Å². The summed E-state index contributed by atoms with van der Waals surface area (Å²) >= 11 is 1.32. The standard InChI is InChI=1S/C23H21FN6OS/c1-13-12-17(8-9-25-13)19-20-14(2)29(23(31)16-4-6-18(24)7-5-16)10-11-30(20)21(27-19)22-26-15(3)28-32-22/h4-9,12,14H,10-11H2,1-3H3/t14-/m1/s1. The van der Waals surface area contributed by atoms with E-state index in [0.29, 0.717) is 24.5 Å². The van der Waals surface area contributed by atoms with Gasteiger partial charge in [-0.15, -0.1) is 0 Å². The minimum atomic E-state index is -0.362. The Hall–Kier alpha value is -3.46. The summed E-state index contributed by atoms with van der Waals surface area (Å²) < 4.78 is 19.8. The molecule has 0 N–H and O–H groups in total. The molecule has 9 heteroatoms. The summed E-state index contributed by atoms with van der Waals surface area (Å²) in [5.41, 5.74) is 4.05. The number of carbonyl (C=O) groups is 1. The number of amides is 1. The predicted molar refractivity (Wildman–Crippen MR) is 120 cm³/mol. The molecule has 0 saturated carbocycles. The van der Waals surface area contributed by atoms with E-state index in [9.17, 15) is 9.18 Å². The molecular weight excluding hydrogens is 427 g/mol. The lowest BCUT2D eigenvalue weighted by molar-refractivity contribution is 0.0645. The van der Waals surface area contributed by atoms with Crippen LogP contribution >= 0.6 is 11.5 Å². The number of nitrogens with zero attached hydrogens (tertiary/aromatic N) is 6. The van der Waals surface area contributed by atoms with Crippen molar-refractivity contribution in [2.75, 3.05) is 6.54 Å². The van der Waals surface area contributed by atoms with E-state index in [2.05, 4.69) is 18.9 Å². The Kier molecular flexibility index (Phi) is 5.05. The van der Waals surface area contributed by atoms with Gasteiger partial charge in [-0.3, -0.25) is 9.78 Å². The molecule has 0 unspecified atom stereocenters. The smallest absolute Gasteiger partial charge is 0.254 e. The maximum absolute atomic E-state index is 13.4. The van der Waals surface area contributed by atoms with Gasteiger partial charge in [-0.2, -0.15) is 4.37 Å². The average Bonchev–Trinajstić information content (AvgIpc) is 3.38. The Balaban J connectivity index is 1.62. The summed E-state index contributed by atoms with van der Waals surface area (Å²) in [6.45, 7) is 6.90. The monoisotopic (exact) mass is 448 g/mol. The van der Waals surface area contributed by atoms with E-state index in [1.165, 1.54) is 35.8 Å². The third kappa shape index (κ3) is 3.48. The molecule has 1 atom stereocenters. The van der Waals surface area contributed by atoms with E-state index in [4.69, 9.17) is 4.98 Å². The summed E-state index contributed by atoms with van der Waals surface area (Å²) in [7, 11) is 0. The molecule has 5 rings (SSSR count). The zero-order valence-electron chi connectivity index (χ0n) is 17.9. The molecular formula is C23H21FN6OS. The first-order valence-electron chi connectivity index (χ1n) is 10.3. The first-order valence-corrected chi connectivity index (χ1v) is 11.1. The summed E-state index contributed by atoms with van der Waals surface area (Å²) in [5.74, 6) is 0.977. The third-order valence-corrected chi connectivity index (χ3v) is 6.48. The molecule has 4 aromatic rings. The van der Waals surface area contributed by atoms with Gasteiger partial charge < -0.3 is 9.47 Å². The molecule has 0 aliphatic carbocycles. The Morgan fingerprint density at radius 3 is 2.59 bits per heavy atom. The number of fused-ring (bicyclic) bond motifs is 1. The quantitative estimate of drug-likeness (QED) is 0.463. The van der Waals surface area contributed by atoms with Gasteiger partial charge in [0.05, 0.1) is 17.4 Å². The highest BCUT2D eigenvalue weighted by atomic mass is 32.1. The molecule has 0 spiro atoms. The lowest BCUT2D eigenvalue weighted by Crippen LogP contribution is -2.41. The lowest BCUT2D eigenvalue weighted by atomic mass is 10.0. The zero-order chi connectivity index (χ0) is 22.4. The highest BCUT2D eigenvalue weighted by molar-refractivity contribution is 7.09. The Morgan fingerprint density at radius 1 is 1.12 bits per heavy atom. The van der Waals surface area contributed by atoms with Gasteiger partial charge >= 0.3 is 0 Å². The Labute approximate surface area is 188 Å². The molecule has 1 aliphatic rings. The fourth-order valence-electron chi connectivity index (χ4n) is 4.16. The molecule has 1 aliphatic heterocycles. The first kappa shape index (κ1) is 20.4. The fraction of sp³-hybridized carbons (Fsp3) is 0.261. The van der Waals surface area contributed by atoms with E-state index in [0.717, 1.165) is 33.5 Å². The molecule has 1 amide bonds. The molecule has 4 heterocycles. The molecule has 0 fully saturated rings. The minimum absolute atomic E-state index is 0.130. The van der Waals surface area contributed by atoms with E-state index in [1.54, 1.807) is 6.20 Å². The number of imidazole rings is 1. The van der Waals surface area contributed by atoms with Gasteiger partial charge in [0.2, 0.25) is 0 Å². The number of halogens is 1. The van der Waals surface area contributed by atoms with Gasteiger partial charge in [-0.1, -0.05) is 0 Å². The third-order valence-electron chi connectivity index (χ3n) is 5.68. The number of rotatable bonds is 3. The number of carbonyl (C=O) groups excluding carboxylic acids is 1. The highest BCUT2D eigenvalue weighted by Crippen LogP contribution is 2.38. The molecule has 7 nitrogen and oxygen atoms in total. The molecule has 0 radical (unpaired) electrons. The summed E-state index contributed by atoms with van der Waals surface area (Å²) in [6.07, 6.45) is 1.76. The molecule has 162 valence electrons. The predicted octanol–water partition coefficient (Wildman–Crippen LogP) is 4.44. The van der Waals surface area contributed by atoms with Gasteiger partial charge in [0.25, 0.3) is 5.91 Å². The van der Waals surface area contributed by atoms with Gasteiger partial charge in [-0.05, 0) is 68.7 Å². The van der Waals surface area contributed by atoms with E-state index < -0.39 is 0 Å². The van der Waals surface area contributed by atoms with Crippen molar-refractivity contribution >= 4 is 17.4 Å². The normalized spacial score (nSPS) is 15.6. The van der Waals surface area contributed by atoms with Crippen molar-refractivity contribution in [3.8, 4) is 22.1 Å². The lowest BCUT2D eigenvalue weighted by Gasteiger charge is -2.35. The number of aryl methyl sites for hydroxylation is 2. The SMILES string of the molecule is Cc1cc(-c2nc(-c3nc(C)ns3)n3c2[C@@H](C)N(C(=O)c2ccc(F)cc2)CC3)ccn1. The summed E-state index contributed by atoms with van der Waals surface area (Å²) in [4.78, 5) is 28.9. The maximum Gasteiger partial charge on any atom is 0.254 e. The number of hydrogen-bond donors (Lipinski definition) is 0. The Morgan fingerprint density at radius 2 is 1.91 bits per heavy atom. The van der Waals surface area contributed by atoms with Crippen molar-refractivity contribution in [3.63, 3.8) is 0 Å². The fourth-order valence-corrected chi connectivity index (χ4v) is 4.83. The topological polar surface area (TPSA) is 76.8 Å². The van der Waals surface area contributed by atoms with Crippen LogP contribution in [0.4, 0.5) is 4.39 Å². The number of aromatic nitrogens is 5. The van der Waals surface area contributed by atoms with Crippen LogP contribution in [0.25, 0.3) is 22.1 Å². The number of benzene rings is 1. The van der Waals surface area contributed by atoms with Crippen molar-refractivity contribution in [3.05, 3.63) is 71.2 Å². The van der Waals surface area contributed by atoms with Crippen molar-refractivity contribution in [1.29, 1.82) is 0 Å². The van der Waals surface area contributed by atoms with E-state index in [-0.39, 0.29) is 17.8 Å². The molecule has 32 heavy (non-hydrogen) atoms. The number of pyridine rings is 1. The molecule has 0 saturated heterocycles. The van der Waals surface area contributed by atoms with Gasteiger partial charge in [0, 0.05) is 36.1 Å². The van der Waals surface area contributed by atoms with Gasteiger partial charge in [0.15, 0.2) is 10.8 Å². The Bertz CT molecular complexity index is 1310. The summed E-state index contributed by atoms with van der Waals surface area (Å²) in [5, 5.41) is 0.756. The van der Waals surface area contributed by atoms with Crippen LogP contribution in [-0.2, 0) is 6.54 Å². The van der Waals surface area contributed by atoms with Crippen molar-refractivity contribution in [1.82, 2.24) is 28.8 Å². The largest absolute Gasteiger partial charge is 0.329 e.